The van der Waals surface area contributed by atoms with Crippen LogP contribution in [0.2, 0.25) is 0 Å². The Morgan fingerprint density at radius 1 is 0.689 bits per heavy atom. The zero-order valence-corrected chi connectivity index (χ0v) is 24.7. The Bertz CT molecular complexity index is 1450. The Morgan fingerprint density at radius 3 is 1.51 bits per heavy atom. The predicted molar refractivity (Wildman–Crippen MR) is 156 cm³/mol. The van der Waals surface area contributed by atoms with Gasteiger partial charge in [0, 0.05) is 37.4 Å². The molecule has 0 bridgehead atoms. The lowest BCUT2D eigenvalue weighted by Gasteiger charge is -2.20. The number of hydrogen-bond donors (Lipinski definition) is 0. The van der Waals surface area contributed by atoms with Crippen LogP contribution >= 0.6 is 0 Å². The number of carbonyl (C=O) groups excluding carboxylic acids is 2. The number of rotatable bonds is 10. The summed E-state index contributed by atoms with van der Waals surface area (Å²) >= 11 is 0. The van der Waals surface area contributed by atoms with Crippen LogP contribution in [0.15, 0.2) is 34.3 Å². The van der Waals surface area contributed by atoms with Gasteiger partial charge in [-0.3, -0.25) is 19.6 Å². The number of nitrogens with zero attached hydrogens (tertiary/aromatic N) is 4. The molecule has 240 valence electrons. The molecule has 6 rings (SSSR count). The lowest BCUT2D eigenvalue weighted by molar-refractivity contribution is 0.0116. The second-order valence-corrected chi connectivity index (χ2v) is 11.5. The first-order chi connectivity index (χ1) is 21.5. The van der Waals surface area contributed by atoms with Crippen LogP contribution in [0.5, 0.6) is 23.0 Å². The van der Waals surface area contributed by atoms with E-state index in [1.54, 1.807) is 12.1 Å². The average molecular weight is 633 g/mol. The van der Waals surface area contributed by atoms with Crippen molar-refractivity contribution in [2.75, 3.05) is 40.5 Å². The van der Waals surface area contributed by atoms with Gasteiger partial charge >= 0.3 is 0 Å². The number of unbranched alkanes of at least 4 members (excludes halogenated alkanes) is 2. The Kier molecular flexibility index (Phi) is 8.08. The molecule has 0 aliphatic carbocycles. The van der Waals surface area contributed by atoms with E-state index in [1.807, 2.05) is 0 Å². The molecule has 0 spiro atoms. The van der Waals surface area contributed by atoms with Crippen molar-refractivity contribution in [1.82, 2.24) is 9.80 Å². The maximum Gasteiger partial charge on any atom is 0.267 e. The fourth-order valence-corrected chi connectivity index (χ4v) is 5.99. The fourth-order valence-electron chi connectivity index (χ4n) is 5.99. The van der Waals surface area contributed by atoms with Crippen molar-refractivity contribution in [2.24, 2.45) is 9.98 Å². The van der Waals surface area contributed by atoms with Crippen molar-refractivity contribution in [2.45, 2.75) is 56.0 Å². The van der Waals surface area contributed by atoms with Crippen LogP contribution in [0.4, 0.5) is 28.9 Å². The highest BCUT2D eigenvalue weighted by molar-refractivity contribution is 6.04. The molecule has 0 radical (unpaired) electrons. The molecule has 0 aromatic heterocycles. The first-order valence-corrected chi connectivity index (χ1v) is 14.6. The van der Waals surface area contributed by atoms with E-state index in [-0.39, 0.29) is 11.1 Å². The zero-order valence-electron chi connectivity index (χ0n) is 24.7. The Balaban J connectivity index is 1.02. The molecule has 4 aliphatic rings. The van der Waals surface area contributed by atoms with E-state index in [4.69, 9.17) is 18.9 Å². The largest absolute Gasteiger partial charge is 0.493 e. The van der Waals surface area contributed by atoms with Crippen molar-refractivity contribution >= 4 is 35.6 Å². The Labute approximate surface area is 256 Å². The summed E-state index contributed by atoms with van der Waals surface area (Å²) in [5.74, 6) is -5.57. The van der Waals surface area contributed by atoms with Crippen molar-refractivity contribution in [3.05, 3.63) is 35.4 Å². The molecule has 2 aromatic rings. The summed E-state index contributed by atoms with van der Waals surface area (Å²) in [5, 5.41) is 0. The SMILES string of the molecule is COc1cc2c(cc1OCCCCCOc1cc3c(cc1OC)C(=O)N1CC(F)(F)C[C@H]1C=N3)N=C[C@@H]1CC(F)(F)CN1C2=O. The van der Waals surface area contributed by atoms with E-state index in [0.717, 1.165) is 16.2 Å². The van der Waals surface area contributed by atoms with Gasteiger partial charge < -0.3 is 28.7 Å². The first-order valence-electron chi connectivity index (χ1n) is 14.6. The molecule has 2 fully saturated rings. The number of ether oxygens (including phenoxy) is 4. The maximum absolute atomic E-state index is 13.9. The molecular formula is C31H32F4N4O6. The highest BCUT2D eigenvalue weighted by Crippen LogP contribution is 2.42. The number of halogens is 4. The maximum atomic E-state index is 13.9. The molecule has 2 atom stereocenters. The topological polar surface area (TPSA) is 102 Å². The van der Waals surface area contributed by atoms with Gasteiger partial charge in [-0.05, 0) is 31.4 Å². The predicted octanol–water partition coefficient (Wildman–Crippen LogP) is 5.46. The third-order valence-electron chi connectivity index (χ3n) is 8.24. The quantitative estimate of drug-likeness (QED) is 0.255. The van der Waals surface area contributed by atoms with Crippen molar-refractivity contribution < 1.29 is 46.1 Å². The third-order valence-corrected chi connectivity index (χ3v) is 8.24. The lowest BCUT2D eigenvalue weighted by atomic mass is 10.1. The van der Waals surface area contributed by atoms with Crippen LogP contribution in [-0.2, 0) is 0 Å². The minimum atomic E-state index is -2.95. The highest BCUT2D eigenvalue weighted by atomic mass is 19.3. The van der Waals surface area contributed by atoms with Crippen LogP contribution in [0, 0.1) is 0 Å². The smallest absolute Gasteiger partial charge is 0.267 e. The van der Waals surface area contributed by atoms with E-state index in [2.05, 4.69) is 9.98 Å². The normalized spacial score (nSPS) is 22.3. The molecule has 2 amide bonds. The number of amides is 2. The van der Waals surface area contributed by atoms with Gasteiger partial charge in [-0.15, -0.1) is 0 Å². The van der Waals surface area contributed by atoms with Gasteiger partial charge in [0.05, 0.1) is 75.1 Å². The summed E-state index contributed by atoms with van der Waals surface area (Å²) in [6.45, 7) is -0.628. The summed E-state index contributed by atoms with van der Waals surface area (Å²) in [7, 11) is 2.87. The third kappa shape index (κ3) is 6.14. The van der Waals surface area contributed by atoms with Crippen LogP contribution in [0.1, 0.15) is 52.8 Å². The summed E-state index contributed by atoms with van der Waals surface area (Å²) < 4.78 is 78.3. The van der Waals surface area contributed by atoms with Crippen molar-refractivity contribution in [1.29, 1.82) is 0 Å². The fraction of sp³-hybridized carbons (Fsp3) is 0.484. The number of benzene rings is 2. The number of alkyl halides is 4. The molecule has 0 unspecified atom stereocenters. The standard InChI is InChI=1S/C31H32F4N4O6/c1-42-24-8-20-22(36-14-18-12-30(32,33)16-38(18)28(20)40)10-26(24)44-6-4-3-5-7-45-27-11-23-21(9-25(27)43-2)29(41)39-17-31(34,35)13-19(39)15-37-23/h8-11,14-15,18-19H,3-7,12-13,16-17H2,1-2H3/t18-,19-/m0/s1. The second-order valence-electron chi connectivity index (χ2n) is 11.5. The average Bonchev–Trinajstić information content (AvgIpc) is 3.42. The van der Waals surface area contributed by atoms with Crippen LogP contribution < -0.4 is 18.9 Å². The first kappa shape index (κ1) is 30.7. The number of aliphatic imine (C=N–C) groups is 2. The lowest BCUT2D eigenvalue weighted by Crippen LogP contribution is -2.36. The van der Waals surface area contributed by atoms with Gasteiger partial charge in [-0.1, -0.05) is 0 Å². The number of fused-ring (bicyclic) bond motifs is 4. The van der Waals surface area contributed by atoms with Gasteiger partial charge in [-0.25, -0.2) is 17.6 Å². The number of methoxy groups -OCH3 is 2. The van der Waals surface area contributed by atoms with Crippen LogP contribution in [0.25, 0.3) is 0 Å². The van der Waals surface area contributed by atoms with Crippen LogP contribution in [-0.4, -0.2) is 98.5 Å². The van der Waals surface area contributed by atoms with E-state index < -0.39 is 61.7 Å². The molecule has 45 heavy (non-hydrogen) atoms. The van der Waals surface area contributed by atoms with Gasteiger partial charge in [0.2, 0.25) is 0 Å². The van der Waals surface area contributed by atoms with E-state index in [1.165, 1.54) is 38.8 Å². The minimum Gasteiger partial charge on any atom is -0.493 e. The molecule has 0 N–H and O–H groups in total. The zero-order chi connectivity index (χ0) is 31.9. The van der Waals surface area contributed by atoms with E-state index >= 15 is 0 Å². The molecule has 2 saturated heterocycles. The van der Waals surface area contributed by atoms with Crippen molar-refractivity contribution in [3.63, 3.8) is 0 Å². The summed E-state index contributed by atoms with van der Waals surface area (Å²) in [4.78, 5) is 36.9. The molecular weight excluding hydrogens is 600 g/mol. The van der Waals surface area contributed by atoms with Gasteiger partial charge in [0.1, 0.15) is 0 Å². The molecule has 4 heterocycles. The van der Waals surface area contributed by atoms with Gasteiger partial charge in [-0.2, -0.15) is 0 Å². The summed E-state index contributed by atoms with van der Waals surface area (Å²) in [6, 6.07) is 4.57. The molecule has 10 nitrogen and oxygen atoms in total. The Hall–Kier alpha value is -4.36. The molecule has 0 saturated carbocycles. The minimum absolute atomic E-state index is 0.179. The summed E-state index contributed by atoms with van der Waals surface area (Å²) in [5.41, 5.74) is 1.03. The summed E-state index contributed by atoms with van der Waals surface area (Å²) in [6.07, 6.45) is 3.91. The Morgan fingerprint density at radius 2 is 1.11 bits per heavy atom. The highest BCUT2D eigenvalue weighted by Gasteiger charge is 2.49. The van der Waals surface area contributed by atoms with E-state index in [0.29, 0.717) is 60.4 Å². The molecule has 2 aromatic carbocycles. The van der Waals surface area contributed by atoms with Gasteiger partial charge in [0.25, 0.3) is 23.7 Å². The van der Waals surface area contributed by atoms with Gasteiger partial charge in [0.15, 0.2) is 23.0 Å². The van der Waals surface area contributed by atoms with Crippen molar-refractivity contribution in [3.8, 4) is 23.0 Å². The second kappa shape index (κ2) is 11.9. The monoisotopic (exact) mass is 632 g/mol. The molecule has 4 aliphatic heterocycles. The molecule has 14 heteroatoms. The number of carbonyl (C=O) groups is 2. The van der Waals surface area contributed by atoms with Crippen LogP contribution in [0.3, 0.4) is 0 Å². The number of hydrogen-bond acceptors (Lipinski definition) is 8. The van der Waals surface area contributed by atoms with E-state index in [9.17, 15) is 27.2 Å².